The van der Waals surface area contributed by atoms with Gasteiger partial charge in [-0.05, 0) is 71.9 Å². The molecular weight excluding hydrogens is 1230 g/mol. The quantitative estimate of drug-likeness (QED) is 0.0128. The molecule has 2 unspecified atom stereocenters. The third-order valence-electron chi connectivity index (χ3n) is 9.14. The Morgan fingerprint density at radius 1 is 0.512 bits per heavy atom. The number of carboxylic acids is 4. The molecule has 6 rings (SSSR count). The van der Waals surface area contributed by atoms with Gasteiger partial charge in [-0.2, -0.15) is 35.5 Å². The molecule has 4 aromatic carbocycles. The minimum absolute atomic E-state index is 0. The molecule has 0 fully saturated rings. The van der Waals surface area contributed by atoms with Crippen molar-refractivity contribution in [3.05, 3.63) is 102 Å². The van der Waals surface area contributed by atoms with Gasteiger partial charge in [0.1, 0.15) is 10.1 Å². The fourth-order valence-corrected chi connectivity index (χ4v) is 7.60. The summed E-state index contributed by atoms with van der Waals surface area (Å²) in [5.41, 5.74) is 0.820. The van der Waals surface area contributed by atoms with E-state index in [0.29, 0.717) is 5.56 Å². The maximum Gasteiger partial charge on any atom is 1.00 e. The molecule has 42 heteroatoms. The van der Waals surface area contributed by atoms with Crippen LogP contribution in [0.4, 0.5) is 58.4 Å². The van der Waals surface area contributed by atoms with Crippen LogP contribution < -0.4 is 240 Å². The van der Waals surface area contributed by atoms with Gasteiger partial charge in [-0.25, -0.2) is 35.5 Å². The fourth-order valence-electron chi connectivity index (χ4n) is 5.87. The van der Waals surface area contributed by atoms with E-state index >= 15 is 0 Å². The van der Waals surface area contributed by atoms with E-state index in [4.69, 9.17) is 22.9 Å². The van der Waals surface area contributed by atoms with E-state index < -0.39 is 112 Å². The zero-order valence-electron chi connectivity index (χ0n) is 43.6. The Bertz CT molecular complexity index is 3700. The van der Waals surface area contributed by atoms with E-state index in [1.165, 1.54) is 78.9 Å². The molecule has 6 aromatic rings. The van der Waals surface area contributed by atoms with Crippen LogP contribution in [0.15, 0.2) is 99.6 Å². The summed E-state index contributed by atoms with van der Waals surface area (Å²) in [4.78, 5) is 69.0. The molecule has 82 heavy (non-hydrogen) atoms. The molecule has 2 aromatic heterocycles. The summed E-state index contributed by atoms with van der Waals surface area (Å²) in [6.07, 6.45) is 0.563. The molecule has 2 heterocycles. The number of hydrogen-bond acceptors (Lipinski definition) is 30. The van der Waals surface area contributed by atoms with E-state index in [0.717, 1.165) is 18.2 Å². The summed E-state index contributed by atoms with van der Waals surface area (Å²) in [7, 11) is -16.4. The van der Waals surface area contributed by atoms with Gasteiger partial charge in [0.25, 0.3) is 0 Å². The molecule has 0 bridgehead atoms. The number of nitrogens with zero attached hydrogens (tertiary/aromatic N) is 6. The van der Waals surface area contributed by atoms with E-state index in [1.54, 1.807) is 0 Å². The minimum Gasteiger partial charge on any atom is -0.744 e. The van der Waals surface area contributed by atoms with Gasteiger partial charge in [-0.3, -0.25) is 0 Å². The smallest absolute Gasteiger partial charge is 0.744 e. The molecule has 0 saturated heterocycles. The van der Waals surface area contributed by atoms with Gasteiger partial charge in [-0.15, -0.1) is 43.0 Å². The zero-order chi connectivity index (χ0) is 56.1. The van der Waals surface area contributed by atoms with Crippen molar-refractivity contribution in [2.45, 2.75) is 39.6 Å². The minimum atomic E-state index is -5.21. The molecule has 0 spiro atoms. The van der Waals surface area contributed by atoms with Crippen molar-refractivity contribution < 1.29 is 259 Å². The van der Waals surface area contributed by atoms with Crippen LogP contribution in [0.2, 0.25) is 0 Å². The molecule has 0 radical (unpaired) electrons. The van der Waals surface area contributed by atoms with Crippen molar-refractivity contribution >= 4 is 135 Å². The molecular formula is C40H32N14Na6O18S4. The Kier molecular flexibility index (Phi) is 36.0. The van der Waals surface area contributed by atoms with Gasteiger partial charge in [0.05, 0.1) is 38.7 Å². The number of nitrogens with one attached hydrogen (secondary N) is 6. The Labute approximate surface area is 599 Å². The topological polar surface area (TPSA) is 539 Å². The van der Waals surface area contributed by atoms with Crippen molar-refractivity contribution in [3.63, 3.8) is 0 Å². The van der Waals surface area contributed by atoms with Crippen LogP contribution in [0, 0.1) is 6.07 Å². The summed E-state index contributed by atoms with van der Waals surface area (Å²) in [6, 6.07) is 16.9. The normalized spacial score (nSPS) is 11.3. The first kappa shape index (κ1) is 80.7. The fraction of sp³-hybridized carbons (Fsp3) is 0.100. The molecule has 10 N–H and O–H groups in total. The van der Waals surface area contributed by atoms with E-state index in [2.05, 4.69) is 67.9 Å². The van der Waals surface area contributed by atoms with E-state index in [9.17, 15) is 69.4 Å². The van der Waals surface area contributed by atoms with Crippen molar-refractivity contribution in [2.75, 3.05) is 31.9 Å². The number of carboxylic acid groups (broad SMARTS) is 4. The average molecular weight is 1260 g/mol. The number of carbonyl (C=O) groups is 4. The number of sulfonamides is 2. The van der Waals surface area contributed by atoms with Crippen LogP contribution in [-0.4, -0.2) is 108 Å². The van der Waals surface area contributed by atoms with Crippen molar-refractivity contribution in [1.29, 1.82) is 0 Å². The number of aliphatic carboxylic acids is 4. The summed E-state index contributed by atoms with van der Waals surface area (Å²) < 4.78 is 110. The first-order chi connectivity index (χ1) is 35.5. The molecule has 2 atom stereocenters. The number of nitrogens with two attached hydrogens (primary N) is 2. The maximum atomic E-state index is 12.5. The number of aromatic nitrogens is 6. The van der Waals surface area contributed by atoms with Crippen molar-refractivity contribution in [2.24, 2.45) is 10.3 Å². The maximum absolute atomic E-state index is 12.5. The summed E-state index contributed by atoms with van der Waals surface area (Å²) in [5.74, 6) is -9.37. The molecule has 0 aliphatic rings. The second kappa shape index (κ2) is 36.6. The van der Waals surface area contributed by atoms with Gasteiger partial charge in [-0.1, -0.05) is 12.1 Å². The number of rotatable bonds is 23. The first-order valence-electron chi connectivity index (χ1n) is 20.3. The van der Waals surface area contributed by atoms with Crippen LogP contribution in [0.3, 0.4) is 0 Å². The molecule has 0 amide bonds. The number of primary sulfonamides is 2. The predicted molar refractivity (Wildman–Crippen MR) is 251 cm³/mol. The monoisotopic (exact) mass is 1260 g/mol. The number of anilines is 10. The number of carbonyl (C=O) groups excluding carboxylic acids is 4. The number of benzene rings is 4. The van der Waals surface area contributed by atoms with Crippen LogP contribution in [0.1, 0.15) is 24.0 Å². The molecule has 0 saturated carbocycles. The Morgan fingerprint density at radius 2 is 0.841 bits per heavy atom. The van der Waals surface area contributed by atoms with Crippen molar-refractivity contribution in [1.82, 2.24) is 29.9 Å². The summed E-state index contributed by atoms with van der Waals surface area (Å²) >= 11 is 0. The van der Waals surface area contributed by atoms with E-state index in [-0.39, 0.29) is 233 Å². The predicted octanol–water partition coefficient (Wildman–Crippen LogP) is -22.4. The molecule has 0 aliphatic carbocycles. The Hall–Kier alpha value is -3.33. The summed E-state index contributed by atoms with van der Waals surface area (Å²) in [6.45, 7) is 0. The van der Waals surface area contributed by atoms with Crippen molar-refractivity contribution in [3.8, 4) is 0 Å². The van der Waals surface area contributed by atoms with Gasteiger partial charge in [0.15, 0.2) is 0 Å². The molecule has 400 valence electrons. The second-order valence-electron chi connectivity index (χ2n) is 14.7. The standard InChI is InChI=1S/C40H37N14O15S3.6Na.O3S/c41-70(63,64)26-13-9-23(10-14-26)44-36-49-35(51-39(52-36)47-28(33(59)60)18-31(55)56)43-22-6-2-20(3-7-22)1-4-21-5-8-25(17-30(21)72(67,68)69)46-38-50-37(45-24-11-15-27(16-12-24)71(42,65)66)53-40(54-38)48-29(34(61)62)19-32(57)58;;;;;;;1-4(2)3/h1-2,4-17,28-29H,18-19H2,(H,55,56)(H,57,58)(H,59,60)(H,61,62)(H2,41,63,64)(H2,42,65,66)(H,67,68,69)(H3,43,44,47,49,51,52)(H3,45,46,48,50,53,54);;;;;;;/q-1;6*+1;/p-5/b4-1+;;;;;;;. The molecule has 0 aliphatic heterocycles. The summed E-state index contributed by atoms with van der Waals surface area (Å²) in [5, 5.41) is 71.6. The van der Waals surface area contributed by atoms with Gasteiger partial charge in [0, 0.05) is 41.8 Å². The van der Waals surface area contributed by atoms with Crippen LogP contribution in [0.5, 0.6) is 0 Å². The van der Waals surface area contributed by atoms with Crippen LogP contribution in [-0.2, 0) is 60.0 Å². The van der Waals surface area contributed by atoms with Crippen LogP contribution >= 0.6 is 0 Å². The molecule has 32 nitrogen and oxygen atoms in total. The second-order valence-corrected chi connectivity index (χ2v) is 19.6. The van der Waals surface area contributed by atoms with Gasteiger partial charge in [0.2, 0.25) is 55.7 Å². The largest absolute Gasteiger partial charge is 1.00 e. The average Bonchev–Trinajstić information content (AvgIpc) is 3.30. The van der Waals surface area contributed by atoms with E-state index in [1.807, 2.05) is 0 Å². The zero-order valence-corrected chi connectivity index (χ0v) is 58.9. The van der Waals surface area contributed by atoms with Crippen LogP contribution in [0.25, 0.3) is 12.2 Å². The Balaban J connectivity index is 0. The number of hydrogen-bond donors (Lipinski definition) is 8. The van der Waals surface area contributed by atoms with Gasteiger partial charge >= 0.3 is 188 Å². The van der Waals surface area contributed by atoms with Gasteiger partial charge < -0.3 is 76.1 Å². The first-order valence-corrected chi connectivity index (χ1v) is 25.8. The third kappa shape index (κ3) is 27.4. The SMILES string of the molecule is NS(=O)(=O)c1ccc(Nc2nc(Nc3c[c-]c(/C=C/c4ccc(Nc5nc(Nc6ccc(S(N)(=O)=O)cc6)nc(NC(CC(=O)[O-])C(=O)[O-])n5)cc4S(=O)(=O)[O-])cc3)nc(NC(CC(=O)[O-])C(=O)[O-])n2)cc1.O=S(=O)=O.[Na+].[Na+].[Na+].[Na+].[Na+].[Na+]. The third-order valence-corrected chi connectivity index (χ3v) is 11.9. The Morgan fingerprint density at radius 3 is 1.16 bits per heavy atom.